The smallest absolute Gasteiger partial charge is 0.331 e. The molecule has 2 fully saturated rings. The maximum atomic E-state index is 13.2. The highest BCUT2D eigenvalue weighted by atomic mass is 32.2. The highest BCUT2D eigenvalue weighted by molar-refractivity contribution is 8.01. The zero-order chi connectivity index (χ0) is 19.2. The summed E-state index contributed by atoms with van der Waals surface area (Å²) in [4.78, 5) is 27.0. The van der Waals surface area contributed by atoms with Gasteiger partial charge in [0, 0.05) is 4.75 Å². The topological polar surface area (TPSA) is 72.6 Å². The van der Waals surface area contributed by atoms with Crippen molar-refractivity contribution < 1.29 is 14.3 Å². The van der Waals surface area contributed by atoms with Crippen LogP contribution in [-0.4, -0.2) is 39.0 Å². The van der Waals surface area contributed by atoms with Gasteiger partial charge in [0.15, 0.2) is 6.10 Å². The van der Waals surface area contributed by atoms with Gasteiger partial charge >= 0.3 is 5.97 Å². The second-order valence-corrected chi connectivity index (χ2v) is 9.19. The fourth-order valence-electron chi connectivity index (χ4n) is 3.79. The van der Waals surface area contributed by atoms with Crippen LogP contribution in [0.3, 0.4) is 0 Å². The van der Waals surface area contributed by atoms with Gasteiger partial charge in [-0.2, -0.15) is 0 Å². The maximum Gasteiger partial charge on any atom is 0.331 e. The number of benzene rings is 2. The van der Waals surface area contributed by atoms with Crippen molar-refractivity contribution in [2.75, 3.05) is 0 Å². The quantitative estimate of drug-likeness (QED) is 0.650. The van der Waals surface area contributed by atoms with Crippen molar-refractivity contribution in [3.63, 3.8) is 0 Å². The molecule has 140 valence electrons. The number of ether oxygens (including phenoxy) is 1. The van der Waals surface area contributed by atoms with Crippen LogP contribution in [0.2, 0.25) is 0 Å². The fraction of sp³-hybridized carbons (Fsp3) is 0.333. The van der Waals surface area contributed by atoms with Gasteiger partial charge in [-0.05, 0) is 25.0 Å². The standard InChI is InChI=1S/C21H22N2O3S/c1-21(2)17(23-18(24)15(22)19(23)27-21)20(25)26-16(13-9-5-3-6-10-13)14-11-7-4-8-12-14/h3-12,15-17,19H,22H2,1-2H3/t15-,17+,19?/m1/s1. The molecule has 0 radical (unpaired) electrons. The average Bonchev–Trinajstić information content (AvgIpc) is 2.95. The molecule has 0 saturated carbocycles. The van der Waals surface area contributed by atoms with Crippen LogP contribution < -0.4 is 5.73 Å². The third-order valence-electron chi connectivity index (χ3n) is 5.14. The van der Waals surface area contributed by atoms with E-state index in [-0.39, 0.29) is 11.3 Å². The third-order valence-corrected chi connectivity index (χ3v) is 6.74. The molecule has 2 N–H and O–H groups in total. The van der Waals surface area contributed by atoms with E-state index in [0.29, 0.717) is 0 Å². The number of β-lactam (4-membered cyclic amide) rings is 1. The highest BCUT2D eigenvalue weighted by Gasteiger charge is 2.63. The molecule has 5 nitrogen and oxygen atoms in total. The summed E-state index contributed by atoms with van der Waals surface area (Å²) in [6.07, 6.45) is -0.523. The lowest BCUT2D eigenvalue weighted by atomic mass is 9.96. The predicted octanol–water partition coefficient (Wildman–Crippen LogP) is 2.71. The number of nitrogens with two attached hydrogens (primary N) is 1. The number of rotatable bonds is 4. The number of hydrogen-bond donors (Lipinski definition) is 1. The Bertz CT molecular complexity index is 817. The Kier molecular flexibility index (Phi) is 4.48. The first-order valence-electron chi connectivity index (χ1n) is 8.96. The summed E-state index contributed by atoms with van der Waals surface area (Å²) in [5, 5.41) is -0.156. The van der Waals surface area contributed by atoms with Crippen molar-refractivity contribution in [3.05, 3.63) is 71.8 Å². The van der Waals surface area contributed by atoms with Gasteiger partial charge < -0.3 is 15.4 Å². The average molecular weight is 382 g/mol. The molecule has 6 heteroatoms. The Balaban J connectivity index is 1.64. The molecular weight excluding hydrogens is 360 g/mol. The van der Waals surface area contributed by atoms with E-state index in [1.165, 1.54) is 0 Å². The maximum absolute atomic E-state index is 13.2. The normalized spacial score (nSPS) is 25.9. The fourth-order valence-corrected chi connectivity index (χ4v) is 5.35. The van der Waals surface area contributed by atoms with Crippen molar-refractivity contribution in [2.24, 2.45) is 5.73 Å². The van der Waals surface area contributed by atoms with Gasteiger partial charge in [-0.15, -0.1) is 11.8 Å². The summed E-state index contributed by atoms with van der Waals surface area (Å²) in [6, 6.07) is 18.1. The minimum Gasteiger partial charge on any atom is -0.451 e. The number of thioether (sulfide) groups is 1. The monoisotopic (exact) mass is 382 g/mol. The Morgan fingerprint density at radius 3 is 2.11 bits per heavy atom. The first kappa shape index (κ1) is 18.1. The van der Waals surface area contributed by atoms with Crippen LogP contribution in [0.25, 0.3) is 0 Å². The molecule has 2 aliphatic rings. The molecule has 1 amide bonds. The molecule has 2 aromatic rings. The third kappa shape index (κ3) is 3.03. The van der Waals surface area contributed by atoms with Crippen LogP contribution in [0.15, 0.2) is 60.7 Å². The zero-order valence-electron chi connectivity index (χ0n) is 15.2. The van der Waals surface area contributed by atoms with E-state index in [9.17, 15) is 9.59 Å². The van der Waals surface area contributed by atoms with E-state index in [2.05, 4.69) is 0 Å². The second-order valence-electron chi connectivity index (χ2n) is 7.42. The summed E-state index contributed by atoms with van der Waals surface area (Å²) in [7, 11) is 0. The summed E-state index contributed by atoms with van der Waals surface area (Å²) in [6.45, 7) is 3.92. The molecule has 2 aromatic carbocycles. The first-order chi connectivity index (χ1) is 12.9. The van der Waals surface area contributed by atoms with E-state index in [1.54, 1.807) is 16.7 Å². The van der Waals surface area contributed by atoms with Gasteiger partial charge in [-0.3, -0.25) is 4.79 Å². The van der Waals surface area contributed by atoms with Crippen molar-refractivity contribution in [3.8, 4) is 0 Å². The predicted molar refractivity (Wildman–Crippen MR) is 105 cm³/mol. The molecule has 4 rings (SSSR count). The van der Waals surface area contributed by atoms with E-state index in [0.717, 1.165) is 11.1 Å². The van der Waals surface area contributed by atoms with Gasteiger partial charge in [0.25, 0.3) is 0 Å². The van der Waals surface area contributed by atoms with Crippen LogP contribution in [0.1, 0.15) is 31.1 Å². The largest absolute Gasteiger partial charge is 0.451 e. The number of carbonyl (C=O) groups is 2. The van der Waals surface area contributed by atoms with E-state index < -0.39 is 28.9 Å². The molecule has 0 spiro atoms. The lowest BCUT2D eigenvalue weighted by Crippen LogP contribution is -2.68. The number of fused-ring (bicyclic) bond motifs is 1. The van der Waals surface area contributed by atoms with Crippen LogP contribution in [-0.2, 0) is 14.3 Å². The van der Waals surface area contributed by atoms with Crippen LogP contribution in [0.4, 0.5) is 0 Å². The summed E-state index contributed by atoms with van der Waals surface area (Å²) in [5.74, 6) is -0.580. The number of amides is 1. The summed E-state index contributed by atoms with van der Waals surface area (Å²) < 4.78 is 5.54. The molecule has 0 bridgehead atoms. The zero-order valence-corrected chi connectivity index (χ0v) is 16.1. The Morgan fingerprint density at radius 2 is 1.59 bits per heavy atom. The number of esters is 1. The number of carbonyl (C=O) groups excluding carboxylic acids is 2. The number of nitrogens with zero attached hydrogens (tertiary/aromatic N) is 1. The molecule has 2 heterocycles. The SMILES string of the molecule is CC1(C)SC2[C@H](N)C(=O)N2[C@H]1C(=O)OC(c1ccccc1)c1ccccc1. The first-order valence-corrected chi connectivity index (χ1v) is 9.84. The molecule has 1 unspecified atom stereocenters. The minimum atomic E-state index is -0.644. The summed E-state index contributed by atoms with van der Waals surface area (Å²) in [5.41, 5.74) is 7.69. The van der Waals surface area contributed by atoms with Gasteiger partial charge in [-0.25, -0.2) is 4.79 Å². The van der Waals surface area contributed by atoms with E-state index in [4.69, 9.17) is 10.5 Å². The van der Waals surface area contributed by atoms with Gasteiger partial charge in [0.2, 0.25) is 5.91 Å². The van der Waals surface area contributed by atoms with Gasteiger partial charge in [0.1, 0.15) is 17.5 Å². The lowest BCUT2D eigenvalue weighted by molar-refractivity contribution is -0.165. The van der Waals surface area contributed by atoms with Crippen LogP contribution in [0, 0.1) is 0 Å². The minimum absolute atomic E-state index is 0.156. The Morgan fingerprint density at radius 1 is 1.07 bits per heavy atom. The lowest BCUT2D eigenvalue weighted by Gasteiger charge is -2.42. The Labute approximate surface area is 162 Å². The van der Waals surface area contributed by atoms with Gasteiger partial charge in [0.05, 0.1) is 0 Å². The number of hydrogen-bond acceptors (Lipinski definition) is 5. The summed E-state index contributed by atoms with van der Waals surface area (Å²) >= 11 is 1.56. The molecule has 0 aromatic heterocycles. The van der Waals surface area contributed by atoms with Crippen molar-refractivity contribution in [2.45, 2.75) is 42.2 Å². The van der Waals surface area contributed by atoms with E-state index >= 15 is 0 Å². The molecule has 3 atom stereocenters. The highest BCUT2D eigenvalue weighted by Crippen LogP contribution is 2.50. The Hall–Kier alpha value is -2.31. The molecule has 0 aliphatic carbocycles. The van der Waals surface area contributed by atoms with Gasteiger partial charge in [-0.1, -0.05) is 60.7 Å². The molecule has 2 aliphatic heterocycles. The second kappa shape index (κ2) is 6.69. The van der Waals surface area contributed by atoms with Crippen molar-refractivity contribution in [1.29, 1.82) is 0 Å². The molecule has 27 heavy (non-hydrogen) atoms. The molecular formula is C21H22N2O3S. The van der Waals surface area contributed by atoms with Crippen molar-refractivity contribution >= 4 is 23.6 Å². The van der Waals surface area contributed by atoms with Crippen LogP contribution >= 0.6 is 11.8 Å². The van der Waals surface area contributed by atoms with E-state index in [1.807, 2.05) is 74.5 Å². The van der Waals surface area contributed by atoms with Crippen LogP contribution in [0.5, 0.6) is 0 Å². The molecule has 2 saturated heterocycles. The van der Waals surface area contributed by atoms with Crippen molar-refractivity contribution in [1.82, 2.24) is 4.90 Å².